The molecule has 2 rings (SSSR count). The fourth-order valence-electron chi connectivity index (χ4n) is 2.07. The maximum absolute atomic E-state index is 12.6. The molecule has 0 fully saturated rings. The van der Waals surface area contributed by atoms with Crippen LogP contribution in [-0.2, 0) is 0 Å². The average molecular weight is 304 g/mol. The van der Waals surface area contributed by atoms with Crippen LogP contribution < -0.4 is 4.90 Å². The summed E-state index contributed by atoms with van der Waals surface area (Å²) in [6.45, 7) is 5.39. The van der Waals surface area contributed by atoms with Gasteiger partial charge in [0.25, 0.3) is 5.91 Å². The van der Waals surface area contributed by atoms with Crippen LogP contribution in [0.15, 0.2) is 18.2 Å². The lowest BCUT2D eigenvalue weighted by molar-refractivity contribution is 0.0697. The van der Waals surface area contributed by atoms with Crippen molar-refractivity contribution in [1.82, 2.24) is 4.37 Å². The second-order valence-corrected chi connectivity index (χ2v) is 5.69. The van der Waals surface area contributed by atoms with E-state index in [1.54, 1.807) is 14.0 Å². The van der Waals surface area contributed by atoms with Gasteiger partial charge in [-0.15, -0.1) is 0 Å². The van der Waals surface area contributed by atoms with Gasteiger partial charge in [0.15, 0.2) is 0 Å². The number of nitrogens with zero attached hydrogens (tertiary/aromatic N) is 2. The molecule has 1 aromatic heterocycles. The molecule has 5 nitrogen and oxygen atoms in total. The van der Waals surface area contributed by atoms with Gasteiger partial charge in [0, 0.05) is 12.6 Å². The number of aromatic carboxylic acids is 1. The van der Waals surface area contributed by atoms with E-state index in [1.165, 1.54) is 4.90 Å². The Labute approximate surface area is 127 Å². The maximum Gasteiger partial charge on any atom is 0.340 e. The van der Waals surface area contributed by atoms with E-state index in [0.29, 0.717) is 16.3 Å². The summed E-state index contributed by atoms with van der Waals surface area (Å²) in [4.78, 5) is 25.3. The Morgan fingerprint density at radius 3 is 2.52 bits per heavy atom. The number of carbonyl (C=O) groups excluding carboxylic acids is 1. The largest absolute Gasteiger partial charge is 0.478 e. The van der Waals surface area contributed by atoms with E-state index in [9.17, 15) is 14.7 Å². The Morgan fingerprint density at radius 2 is 1.90 bits per heavy atom. The molecule has 6 heteroatoms. The third-order valence-electron chi connectivity index (χ3n) is 3.29. The Kier molecular flexibility index (Phi) is 4.09. The van der Waals surface area contributed by atoms with Gasteiger partial charge in [-0.25, -0.2) is 4.79 Å². The van der Waals surface area contributed by atoms with Crippen LogP contribution in [-0.4, -0.2) is 28.4 Å². The number of amides is 1. The summed E-state index contributed by atoms with van der Waals surface area (Å²) < 4.78 is 4.04. The minimum Gasteiger partial charge on any atom is -0.478 e. The molecule has 2 aromatic rings. The predicted octanol–water partition coefficient (Wildman–Crippen LogP) is 3.04. The quantitative estimate of drug-likeness (QED) is 0.946. The van der Waals surface area contributed by atoms with Crippen molar-refractivity contribution < 1.29 is 14.7 Å². The lowest BCUT2D eigenvalue weighted by Gasteiger charge is -2.17. The zero-order valence-corrected chi connectivity index (χ0v) is 13.1. The van der Waals surface area contributed by atoms with E-state index >= 15 is 0 Å². The first-order valence-electron chi connectivity index (χ1n) is 6.37. The van der Waals surface area contributed by atoms with Gasteiger partial charge in [0.1, 0.15) is 10.6 Å². The number of anilines is 1. The summed E-state index contributed by atoms with van der Waals surface area (Å²) >= 11 is 1.02. The first-order chi connectivity index (χ1) is 9.82. The number of aromatic nitrogens is 1. The van der Waals surface area contributed by atoms with E-state index in [0.717, 1.165) is 22.7 Å². The normalized spacial score (nSPS) is 10.5. The van der Waals surface area contributed by atoms with Crippen molar-refractivity contribution in [2.75, 3.05) is 11.9 Å². The molecule has 0 aliphatic rings. The fourth-order valence-corrected chi connectivity index (χ4v) is 2.92. The fraction of sp³-hybridized carbons (Fsp3) is 0.267. The van der Waals surface area contributed by atoms with Crippen LogP contribution in [0.3, 0.4) is 0 Å². The number of benzene rings is 1. The summed E-state index contributed by atoms with van der Waals surface area (Å²) in [7, 11) is 1.57. The van der Waals surface area contributed by atoms with Crippen molar-refractivity contribution in [3.8, 4) is 0 Å². The Bertz CT molecular complexity index is 722. The highest BCUT2D eigenvalue weighted by atomic mass is 32.1. The lowest BCUT2D eigenvalue weighted by Crippen LogP contribution is -2.27. The monoisotopic (exact) mass is 304 g/mol. The Hall–Kier alpha value is -2.21. The molecular weight excluding hydrogens is 288 g/mol. The lowest BCUT2D eigenvalue weighted by atomic mass is 10.0. The van der Waals surface area contributed by atoms with E-state index in [4.69, 9.17) is 0 Å². The number of hydrogen-bond donors (Lipinski definition) is 1. The number of hydrogen-bond acceptors (Lipinski definition) is 4. The summed E-state index contributed by atoms with van der Waals surface area (Å²) in [5.74, 6) is -1.31. The molecule has 0 aliphatic heterocycles. The summed E-state index contributed by atoms with van der Waals surface area (Å²) in [5.41, 5.74) is 2.91. The standard InChI is InChI=1S/C15H16N2O3S/c1-8-5-6-9(2)11(7-8)13(18)17(4)14-12(15(19)20)10(3)16-21-14/h5-7H,1-4H3,(H,19,20). The number of rotatable bonds is 3. The first kappa shape index (κ1) is 15.2. The van der Waals surface area contributed by atoms with Crippen LogP contribution in [0.5, 0.6) is 0 Å². The summed E-state index contributed by atoms with van der Waals surface area (Å²) in [6, 6.07) is 5.63. The van der Waals surface area contributed by atoms with E-state index in [1.807, 2.05) is 32.0 Å². The van der Waals surface area contributed by atoms with Crippen LogP contribution in [0.1, 0.15) is 37.5 Å². The highest BCUT2D eigenvalue weighted by molar-refractivity contribution is 7.11. The zero-order chi connectivity index (χ0) is 15.7. The predicted molar refractivity (Wildman–Crippen MR) is 82.5 cm³/mol. The van der Waals surface area contributed by atoms with Crippen molar-refractivity contribution in [1.29, 1.82) is 0 Å². The zero-order valence-electron chi connectivity index (χ0n) is 12.3. The molecule has 1 aromatic carbocycles. The molecule has 0 bridgehead atoms. The van der Waals surface area contributed by atoms with Crippen LogP contribution in [0, 0.1) is 20.8 Å². The third kappa shape index (κ3) is 2.80. The smallest absolute Gasteiger partial charge is 0.340 e. The molecule has 110 valence electrons. The van der Waals surface area contributed by atoms with Crippen molar-refractivity contribution in [3.63, 3.8) is 0 Å². The Morgan fingerprint density at radius 1 is 1.24 bits per heavy atom. The molecule has 0 saturated heterocycles. The second-order valence-electron chi connectivity index (χ2n) is 4.94. The van der Waals surface area contributed by atoms with Gasteiger partial charge in [-0.05, 0) is 43.9 Å². The minimum absolute atomic E-state index is 0.0844. The van der Waals surface area contributed by atoms with E-state index in [2.05, 4.69) is 4.37 Å². The number of carbonyl (C=O) groups is 2. The molecular formula is C15H16N2O3S. The van der Waals surface area contributed by atoms with Gasteiger partial charge in [-0.1, -0.05) is 17.7 Å². The van der Waals surface area contributed by atoms with Gasteiger partial charge in [-0.2, -0.15) is 4.37 Å². The molecule has 0 spiro atoms. The number of carboxylic acid groups (broad SMARTS) is 1. The first-order valence-corrected chi connectivity index (χ1v) is 7.15. The van der Waals surface area contributed by atoms with Crippen molar-refractivity contribution in [3.05, 3.63) is 46.1 Å². The SMILES string of the molecule is Cc1ccc(C)c(C(=O)N(C)c2snc(C)c2C(=O)O)c1. The van der Waals surface area contributed by atoms with E-state index < -0.39 is 5.97 Å². The molecule has 1 N–H and O–H groups in total. The number of aryl methyl sites for hydroxylation is 3. The molecule has 0 unspecified atom stereocenters. The highest BCUT2D eigenvalue weighted by Gasteiger charge is 2.25. The summed E-state index contributed by atoms with van der Waals surface area (Å²) in [5, 5.41) is 9.62. The second kappa shape index (κ2) is 5.65. The third-order valence-corrected chi connectivity index (χ3v) is 4.31. The van der Waals surface area contributed by atoms with Crippen LogP contribution in [0.25, 0.3) is 0 Å². The molecule has 21 heavy (non-hydrogen) atoms. The summed E-state index contributed by atoms with van der Waals surface area (Å²) in [6.07, 6.45) is 0. The maximum atomic E-state index is 12.6. The highest BCUT2D eigenvalue weighted by Crippen LogP contribution is 2.29. The average Bonchev–Trinajstić information content (AvgIpc) is 2.81. The van der Waals surface area contributed by atoms with Crippen LogP contribution >= 0.6 is 11.5 Å². The number of carboxylic acids is 1. The van der Waals surface area contributed by atoms with Crippen LogP contribution in [0.4, 0.5) is 5.00 Å². The topological polar surface area (TPSA) is 70.5 Å². The Balaban J connectivity index is 2.45. The van der Waals surface area contributed by atoms with Crippen molar-refractivity contribution >= 4 is 28.4 Å². The minimum atomic E-state index is -1.07. The van der Waals surface area contributed by atoms with Crippen molar-refractivity contribution in [2.45, 2.75) is 20.8 Å². The molecule has 1 amide bonds. The van der Waals surface area contributed by atoms with Gasteiger partial charge < -0.3 is 10.0 Å². The van der Waals surface area contributed by atoms with Gasteiger partial charge >= 0.3 is 5.97 Å². The van der Waals surface area contributed by atoms with Gasteiger partial charge in [0.2, 0.25) is 0 Å². The van der Waals surface area contributed by atoms with Gasteiger partial charge in [-0.3, -0.25) is 4.79 Å². The van der Waals surface area contributed by atoms with Crippen molar-refractivity contribution in [2.24, 2.45) is 0 Å². The molecule has 0 radical (unpaired) electrons. The van der Waals surface area contributed by atoms with Crippen LogP contribution in [0.2, 0.25) is 0 Å². The molecule has 0 atom stereocenters. The molecule has 0 aliphatic carbocycles. The molecule has 0 saturated carbocycles. The molecule has 1 heterocycles. The van der Waals surface area contributed by atoms with E-state index in [-0.39, 0.29) is 11.5 Å². The van der Waals surface area contributed by atoms with Gasteiger partial charge in [0.05, 0.1) is 5.69 Å².